The summed E-state index contributed by atoms with van der Waals surface area (Å²) >= 11 is 0. The van der Waals surface area contributed by atoms with Crippen molar-refractivity contribution in [2.24, 2.45) is 44.0 Å². The van der Waals surface area contributed by atoms with Gasteiger partial charge in [0.25, 0.3) is 0 Å². The third kappa shape index (κ3) is 34.0. The Hall–Kier alpha value is -8.06. The van der Waals surface area contributed by atoms with Gasteiger partial charge in [-0.05, 0) is 164 Å². The molecule has 6 saturated carbocycles. The molecule has 0 spiro atoms. The largest absolute Gasteiger partial charge is 0.481 e. The Morgan fingerprint density at radius 2 is 0.509 bits per heavy atom. The van der Waals surface area contributed by atoms with Gasteiger partial charge in [0.1, 0.15) is 0 Å². The molecule has 0 aromatic rings. The first-order valence-electron chi connectivity index (χ1n) is 40.9. The Kier molecular flexibility index (Phi) is 39.9. The Balaban J connectivity index is 0.000000426. The van der Waals surface area contributed by atoms with Gasteiger partial charge >= 0.3 is 11.9 Å². The lowest BCUT2D eigenvalue weighted by atomic mass is 9.73. The van der Waals surface area contributed by atoms with Gasteiger partial charge in [-0.15, -0.1) is 0 Å². The number of hydrogen-bond donors (Lipinski definition) is 6. The number of carbonyl (C=O) groups is 16. The fraction of sp³-hybridized carbons (Fsp3) is 0.667. The summed E-state index contributed by atoms with van der Waals surface area (Å²) < 4.78 is 0. The number of Topliss-reactive ketones (excluding diaryl/α,β-unsaturated/α-hetero) is 12. The van der Waals surface area contributed by atoms with E-state index in [1.54, 1.807) is 32.6 Å². The Labute approximate surface area is 677 Å². The lowest BCUT2D eigenvalue weighted by Crippen LogP contribution is -2.34. The molecule has 6 aliphatic carbocycles. The molecule has 2 amide bonds. The molecule has 24 nitrogen and oxygen atoms in total. The lowest BCUT2D eigenvalue weighted by Gasteiger charge is -2.30. The number of carboxylic acids is 2. The number of carboxylic acid groups (broad SMARTS) is 2. The van der Waals surface area contributed by atoms with Crippen LogP contribution in [0, 0.1) is 32.5 Å². The van der Waals surface area contributed by atoms with Crippen molar-refractivity contribution in [3.05, 3.63) is 79.0 Å². The van der Waals surface area contributed by atoms with Crippen LogP contribution in [0.5, 0.6) is 0 Å². The quantitative estimate of drug-likeness (QED) is 0.0202. The summed E-state index contributed by atoms with van der Waals surface area (Å²) in [7, 11) is 0. The van der Waals surface area contributed by atoms with E-state index >= 15 is 0 Å². The van der Waals surface area contributed by atoms with Gasteiger partial charge < -0.3 is 42.1 Å². The molecule has 0 radical (unpaired) electrons. The molecule has 6 rings (SSSR count). The molecule has 0 aliphatic heterocycles. The molecule has 6 fully saturated rings. The zero-order valence-electron chi connectivity index (χ0n) is 72.1. The third-order valence-corrected chi connectivity index (χ3v) is 21.5. The zero-order valence-corrected chi connectivity index (χ0v) is 72.1. The van der Waals surface area contributed by atoms with Gasteiger partial charge in [-0.2, -0.15) is 0 Å². The highest BCUT2D eigenvalue weighted by molar-refractivity contribution is 6.26. The minimum absolute atomic E-state index is 0.00887. The van der Waals surface area contributed by atoms with Gasteiger partial charge in [-0.3, -0.25) is 71.9 Å². The molecule has 8 N–H and O–H groups in total. The first-order chi connectivity index (χ1) is 52.8. The van der Waals surface area contributed by atoms with Gasteiger partial charge in [-0.1, -0.05) is 117 Å². The number of rotatable bonds is 33. The summed E-state index contributed by atoms with van der Waals surface area (Å²) in [6, 6.07) is 0. The van der Waals surface area contributed by atoms with E-state index in [1.165, 1.54) is 4.90 Å². The normalized spacial score (nSPS) is 19.0. The smallest absolute Gasteiger partial charge is 0.328 e. The van der Waals surface area contributed by atoms with Crippen LogP contribution >= 0.6 is 0 Å². The van der Waals surface area contributed by atoms with Crippen LogP contribution in [0.25, 0.3) is 0 Å². The van der Waals surface area contributed by atoms with Crippen molar-refractivity contribution in [1.82, 2.24) is 20.4 Å². The molecule has 0 atom stereocenters. The van der Waals surface area contributed by atoms with E-state index in [2.05, 4.69) is 10.6 Å². The second-order valence-electron chi connectivity index (χ2n) is 37.1. The number of aliphatic carboxylic acids is 2. The van der Waals surface area contributed by atoms with E-state index in [-0.39, 0.29) is 132 Å². The molecule has 6 aliphatic rings. The summed E-state index contributed by atoms with van der Waals surface area (Å²) in [6.45, 7) is 40.1. The van der Waals surface area contributed by atoms with E-state index in [4.69, 9.17) is 21.7 Å². The molecule has 0 unspecified atom stereocenters. The van der Waals surface area contributed by atoms with Crippen molar-refractivity contribution >= 4 is 93.2 Å². The van der Waals surface area contributed by atoms with Crippen LogP contribution < -0.4 is 22.1 Å². The number of nitrogens with one attached hydrogen (secondary N) is 2. The number of ketones is 12. The summed E-state index contributed by atoms with van der Waals surface area (Å²) in [4.78, 5) is 201. The van der Waals surface area contributed by atoms with Crippen LogP contribution in [0.2, 0.25) is 0 Å². The van der Waals surface area contributed by atoms with E-state index in [0.29, 0.717) is 201 Å². The first kappa shape index (κ1) is 100. The van der Waals surface area contributed by atoms with Crippen LogP contribution in [0.3, 0.4) is 0 Å². The Morgan fingerprint density at radius 1 is 0.307 bits per heavy atom. The molecule has 0 bridgehead atoms. The highest BCUT2D eigenvalue weighted by atomic mass is 16.4. The topological polar surface area (TPSA) is 396 Å². The average Bonchev–Trinajstić information content (AvgIpc) is 0.842. The first-order valence-corrected chi connectivity index (χ1v) is 40.9. The van der Waals surface area contributed by atoms with E-state index in [1.807, 2.05) is 96.9 Å². The monoisotopic (exact) mass is 1590 g/mol. The molecule has 114 heavy (non-hydrogen) atoms. The van der Waals surface area contributed by atoms with Crippen molar-refractivity contribution in [3.63, 3.8) is 0 Å². The van der Waals surface area contributed by atoms with Gasteiger partial charge in [0.15, 0.2) is 69.4 Å². The molecule has 634 valence electrons. The van der Waals surface area contributed by atoms with Crippen LogP contribution in [0.1, 0.15) is 292 Å². The van der Waals surface area contributed by atoms with Crippen molar-refractivity contribution in [2.75, 3.05) is 65.4 Å². The average molecular weight is 1590 g/mol. The number of nitrogens with zero attached hydrogens (tertiary/aromatic N) is 2. The highest BCUT2D eigenvalue weighted by Crippen LogP contribution is 2.41. The van der Waals surface area contributed by atoms with E-state index in [9.17, 15) is 76.7 Å². The maximum Gasteiger partial charge on any atom is 0.328 e. The molecular weight excluding hydrogens is 1450 g/mol. The number of allylic oxidation sites excluding steroid dienone is 12. The summed E-state index contributed by atoms with van der Waals surface area (Å²) in [5, 5.41) is 24.3. The fourth-order valence-electron chi connectivity index (χ4n) is 16.1. The molecule has 0 heterocycles. The molecular formula is C90H136N6O18. The van der Waals surface area contributed by atoms with E-state index < -0.39 is 17.8 Å². The van der Waals surface area contributed by atoms with Crippen molar-refractivity contribution in [1.29, 1.82) is 0 Å². The van der Waals surface area contributed by atoms with Gasteiger partial charge in [0.2, 0.25) is 11.8 Å². The van der Waals surface area contributed by atoms with Crippen molar-refractivity contribution < 1.29 is 86.9 Å². The van der Waals surface area contributed by atoms with Crippen LogP contribution in [-0.2, 0) is 76.7 Å². The van der Waals surface area contributed by atoms with Gasteiger partial charge in [0.05, 0.1) is 39.9 Å². The standard InChI is InChI=1S/C30H43NO7.C30H41NO7.C26H39NO4.C4H13N3/c2*1-19(27-21(32)15-29(3,4)16-22(27)33)9-7-13-31(25(36)11-12-26(37)38)14-8-10-20(2)28-23(34)17-30(5,6)18-24(28)35;1-17(23-19(28)13-25(3,4)14-20(23)29)9-7-11-27-12-8-10-18(2)24-21(30)15-26(5,6)16-22(24)31;5-1-3-7-4-2-6/h7-18H2,1-6H3,(H,37,38);11-12H,7-10,13-18H2,1-6H3,(H,37,38);27H,7-16H2,1-6H3;7H,1-6H2/b;12-11-;;. The van der Waals surface area contributed by atoms with Crippen molar-refractivity contribution in [3.8, 4) is 0 Å². The van der Waals surface area contributed by atoms with Gasteiger partial charge in [-0.25, -0.2) is 4.79 Å². The summed E-state index contributed by atoms with van der Waals surface area (Å²) in [5.41, 5.74) is 15.2. The van der Waals surface area contributed by atoms with Crippen LogP contribution in [0.15, 0.2) is 79.0 Å². The van der Waals surface area contributed by atoms with E-state index in [0.717, 1.165) is 86.3 Å². The molecule has 0 saturated heterocycles. The second kappa shape index (κ2) is 45.4. The molecule has 0 aromatic carbocycles. The molecule has 0 aromatic heterocycles. The van der Waals surface area contributed by atoms with Crippen LogP contribution in [0.4, 0.5) is 0 Å². The number of carbonyl (C=O) groups excluding carboxylic acids is 14. The van der Waals surface area contributed by atoms with Crippen molar-refractivity contribution in [2.45, 2.75) is 292 Å². The summed E-state index contributed by atoms with van der Waals surface area (Å²) in [5.74, 6) is -4.11. The maximum atomic E-state index is 12.8. The maximum absolute atomic E-state index is 12.8. The fourth-order valence-corrected chi connectivity index (χ4v) is 16.1. The lowest BCUT2D eigenvalue weighted by molar-refractivity contribution is -0.141. The minimum Gasteiger partial charge on any atom is -0.481 e. The number of nitrogens with two attached hydrogens (primary N) is 2. The highest BCUT2D eigenvalue weighted by Gasteiger charge is 2.42. The number of hydrogen-bond acceptors (Lipinski definition) is 20. The second-order valence-corrected chi connectivity index (χ2v) is 37.1. The number of amides is 2. The predicted molar refractivity (Wildman–Crippen MR) is 440 cm³/mol. The Bertz CT molecular complexity index is 3550. The summed E-state index contributed by atoms with van der Waals surface area (Å²) in [6.07, 6.45) is 13.0. The van der Waals surface area contributed by atoms with Crippen LogP contribution in [-0.4, -0.2) is 179 Å². The minimum atomic E-state index is -1.23. The Morgan fingerprint density at radius 3 is 0.711 bits per heavy atom. The third-order valence-electron chi connectivity index (χ3n) is 21.5. The molecule has 24 heteroatoms. The predicted octanol–water partition coefficient (Wildman–Crippen LogP) is 12.5. The zero-order chi connectivity index (χ0) is 86.6. The van der Waals surface area contributed by atoms with Gasteiger partial charge in [0, 0.05) is 148 Å². The SMILES string of the molecule is CC(CCCN(CCCC(C)=C1C(=O)CC(C)(C)CC1=O)C(=O)/C=C\C(=O)O)=C1C(=O)CC(C)(C)CC1=O.CC(CCCN(CCCC(C)=C1C(=O)CC(C)(C)CC1=O)C(=O)CCC(=O)O)=C1C(=O)CC(C)(C)CC1=O.CC(CCCNCCCC(C)=C1C(=O)CC(C)(C)CC1=O)=C1C(=O)CC(C)(C)CC1=O.NCCNCCN.